The Kier molecular flexibility index (Phi) is 3.19. The van der Waals surface area contributed by atoms with Crippen LogP contribution in [0.15, 0.2) is 24.3 Å². The highest BCUT2D eigenvalue weighted by Gasteiger charge is 2.01. The van der Waals surface area contributed by atoms with Crippen LogP contribution in [-0.2, 0) is 19.3 Å². The van der Waals surface area contributed by atoms with Gasteiger partial charge in [-0.2, -0.15) is 5.10 Å². The van der Waals surface area contributed by atoms with Gasteiger partial charge in [0.05, 0.1) is 0 Å². The number of hydrogen-bond donors (Lipinski definition) is 2. The van der Waals surface area contributed by atoms with E-state index in [0.29, 0.717) is 0 Å². The number of nitrogen functional groups attached to an aromatic ring is 1. The lowest BCUT2D eigenvalue weighted by atomic mass is 10.1. The van der Waals surface area contributed by atoms with Gasteiger partial charge in [-0.3, -0.25) is 5.10 Å². The normalized spacial score (nSPS) is 10.6. The third-order valence-electron chi connectivity index (χ3n) is 2.52. The van der Waals surface area contributed by atoms with E-state index in [2.05, 4.69) is 15.2 Å². The van der Waals surface area contributed by atoms with Crippen LogP contribution in [0.3, 0.4) is 0 Å². The fourth-order valence-corrected chi connectivity index (χ4v) is 1.55. The summed E-state index contributed by atoms with van der Waals surface area (Å²) in [6.45, 7) is 2.05. The number of aromatic amines is 1. The zero-order chi connectivity index (χ0) is 11.4. The molecule has 0 spiro atoms. The Bertz CT molecular complexity index is 444. The summed E-state index contributed by atoms with van der Waals surface area (Å²) in [5, 5.41) is 7.06. The van der Waals surface area contributed by atoms with Crippen molar-refractivity contribution in [2.24, 2.45) is 0 Å². The quantitative estimate of drug-likeness (QED) is 0.765. The first-order valence-corrected chi connectivity index (χ1v) is 5.52. The molecule has 2 aromatic rings. The molecular formula is C12H16N4. The van der Waals surface area contributed by atoms with E-state index in [9.17, 15) is 0 Å². The first-order chi connectivity index (χ1) is 7.78. The summed E-state index contributed by atoms with van der Waals surface area (Å²) in [6.07, 6.45) is 2.72. The van der Waals surface area contributed by atoms with Crippen LogP contribution in [0.25, 0.3) is 0 Å². The van der Waals surface area contributed by atoms with E-state index in [0.717, 1.165) is 36.6 Å². The zero-order valence-electron chi connectivity index (χ0n) is 9.40. The van der Waals surface area contributed by atoms with Crippen LogP contribution in [0.2, 0.25) is 0 Å². The largest absolute Gasteiger partial charge is 0.399 e. The number of nitrogens with zero attached hydrogens (tertiary/aromatic N) is 2. The first kappa shape index (κ1) is 10.7. The molecule has 84 valence electrons. The Morgan fingerprint density at radius 1 is 1.19 bits per heavy atom. The summed E-state index contributed by atoms with van der Waals surface area (Å²) in [5.41, 5.74) is 7.70. The van der Waals surface area contributed by atoms with Gasteiger partial charge in [-0.1, -0.05) is 19.1 Å². The van der Waals surface area contributed by atoms with E-state index in [-0.39, 0.29) is 0 Å². The smallest absolute Gasteiger partial charge is 0.150 e. The Labute approximate surface area is 94.9 Å². The molecule has 4 heteroatoms. The van der Waals surface area contributed by atoms with Crippen LogP contribution in [0.5, 0.6) is 0 Å². The van der Waals surface area contributed by atoms with Crippen LogP contribution in [0.4, 0.5) is 5.69 Å². The van der Waals surface area contributed by atoms with Gasteiger partial charge in [0.25, 0.3) is 0 Å². The lowest BCUT2D eigenvalue weighted by Gasteiger charge is -1.99. The minimum atomic E-state index is 0.802. The summed E-state index contributed by atoms with van der Waals surface area (Å²) in [4.78, 5) is 4.37. The maximum Gasteiger partial charge on any atom is 0.150 e. The van der Waals surface area contributed by atoms with Gasteiger partial charge >= 0.3 is 0 Å². The van der Waals surface area contributed by atoms with Gasteiger partial charge in [0.2, 0.25) is 0 Å². The van der Waals surface area contributed by atoms with Crippen molar-refractivity contribution in [3.8, 4) is 0 Å². The van der Waals surface area contributed by atoms with E-state index >= 15 is 0 Å². The highest BCUT2D eigenvalue weighted by molar-refractivity contribution is 5.39. The summed E-state index contributed by atoms with van der Waals surface area (Å²) in [5.74, 6) is 1.83. The second kappa shape index (κ2) is 4.79. The van der Waals surface area contributed by atoms with Crippen LogP contribution in [0.1, 0.15) is 24.1 Å². The number of aromatic nitrogens is 3. The first-order valence-electron chi connectivity index (χ1n) is 5.52. The number of H-pyrrole nitrogens is 1. The van der Waals surface area contributed by atoms with E-state index in [1.54, 1.807) is 0 Å². The van der Waals surface area contributed by atoms with Gasteiger partial charge in [0.1, 0.15) is 11.6 Å². The number of nitrogens with two attached hydrogens (primary N) is 1. The SMILES string of the molecule is CCc1n[nH]c(CCc2ccc(N)cc2)n1. The van der Waals surface area contributed by atoms with Gasteiger partial charge in [-0.15, -0.1) is 0 Å². The van der Waals surface area contributed by atoms with Crippen molar-refractivity contribution >= 4 is 5.69 Å². The molecule has 0 amide bonds. The fourth-order valence-electron chi connectivity index (χ4n) is 1.55. The third-order valence-corrected chi connectivity index (χ3v) is 2.52. The van der Waals surface area contributed by atoms with Gasteiger partial charge in [-0.25, -0.2) is 4.98 Å². The van der Waals surface area contributed by atoms with Crippen LogP contribution in [-0.4, -0.2) is 15.2 Å². The minimum Gasteiger partial charge on any atom is -0.399 e. The highest BCUT2D eigenvalue weighted by Crippen LogP contribution is 2.08. The Morgan fingerprint density at radius 2 is 1.94 bits per heavy atom. The molecule has 0 unspecified atom stereocenters. The van der Waals surface area contributed by atoms with Crippen LogP contribution < -0.4 is 5.73 Å². The summed E-state index contributed by atoms with van der Waals surface area (Å²) in [6, 6.07) is 7.94. The molecule has 0 saturated carbocycles. The molecule has 4 nitrogen and oxygen atoms in total. The number of aryl methyl sites for hydroxylation is 3. The monoisotopic (exact) mass is 216 g/mol. The van der Waals surface area contributed by atoms with Crippen molar-refractivity contribution < 1.29 is 0 Å². The minimum absolute atomic E-state index is 0.802. The lowest BCUT2D eigenvalue weighted by Crippen LogP contribution is -1.94. The van der Waals surface area contributed by atoms with Crippen molar-refractivity contribution in [1.82, 2.24) is 15.2 Å². The van der Waals surface area contributed by atoms with Gasteiger partial charge in [0.15, 0.2) is 0 Å². The fraction of sp³-hybridized carbons (Fsp3) is 0.333. The van der Waals surface area contributed by atoms with Crippen molar-refractivity contribution in [3.05, 3.63) is 41.5 Å². The average molecular weight is 216 g/mol. The second-order valence-electron chi connectivity index (χ2n) is 3.79. The van der Waals surface area contributed by atoms with E-state index < -0.39 is 0 Å². The summed E-state index contributed by atoms with van der Waals surface area (Å²) in [7, 11) is 0. The molecule has 0 aliphatic carbocycles. The zero-order valence-corrected chi connectivity index (χ0v) is 9.40. The van der Waals surface area contributed by atoms with E-state index in [4.69, 9.17) is 5.73 Å². The van der Waals surface area contributed by atoms with Crippen molar-refractivity contribution in [1.29, 1.82) is 0 Å². The molecule has 1 aromatic carbocycles. The van der Waals surface area contributed by atoms with Gasteiger partial charge < -0.3 is 5.73 Å². The summed E-state index contributed by atoms with van der Waals surface area (Å²) < 4.78 is 0. The molecule has 0 aliphatic heterocycles. The van der Waals surface area contributed by atoms with Crippen molar-refractivity contribution in [2.45, 2.75) is 26.2 Å². The molecule has 0 aliphatic rings. The molecule has 1 aromatic heterocycles. The Balaban J connectivity index is 1.94. The molecule has 3 N–H and O–H groups in total. The molecule has 16 heavy (non-hydrogen) atoms. The number of hydrogen-bond acceptors (Lipinski definition) is 3. The number of rotatable bonds is 4. The molecule has 1 heterocycles. The Hall–Kier alpha value is -1.84. The molecule has 0 radical (unpaired) electrons. The maximum atomic E-state index is 5.63. The molecule has 0 atom stereocenters. The Morgan fingerprint density at radius 3 is 2.56 bits per heavy atom. The average Bonchev–Trinajstić information content (AvgIpc) is 2.76. The van der Waals surface area contributed by atoms with Crippen LogP contribution >= 0.6 is 0 Å². The van der Waals surface area contributed by atoms with Gasteiger partial charge in [-0.05, 0) is 24.1 Å². The molecule has 0 fully saturated rings. The van der Waals surface area contributed by atoms with E-state index in [1.807, 2.05) is 31.2 Å². The molecular weight excluding hydrogens is 200 g/mol. The van der Waals surface area contributed by atoms with Crippen molar-refractivity contribution in [2.75, 3.05) is 5.73 Å². The number of nitrogens with one attached hydrogen (secondary N) is 1. The standard InChI is InChI=1S/C12H16N4/c1-2-11-14-12(16-15-11)8-5-9-3-6-10(13)7-4-9/h3-4,6-7H,2,5,8,13H2,1H3,(H,14,15,16). The third kappa shape index (κ3) is 2.59. The lowest BCUT2D eigenvalue weighted by molar-refractivity contribution is 0.865. The van der Waals surface area contributed by atoms with Gasteiger partial charge in [0, 0.05) is 18.5 Å². The topological polar surface area (TPSA) is 67.6 Å². The predicted octanol–water partition coefficient (Wildman–Crippen LogP) is 1.73. The highest BCUT2D eigenvalue weighted by atomic mass is 15.2. The van der Waals surface area contributed by atoms with Crippen LogP contribution in [0, 0.1) is 0 Å². The van der Waals surface area contributed by atoms with E-state index in [1.165, 1.54) is 5.56 Å². The number of anilines is 1. The second-order valence-corrected chi connectivity index (χ2v) is 3.79. The maximum absolute atomic E-state index is 5.63. The molecule has 0 bridgehead atoms. The summed E-state index contributed by atoms with van der Waals surface area (Å²) >= 11 is 0. The van der Waals surface area contributed by atoms with Crippen molar-refractivity contribution in [3.63, 3.8) is 0 Å². The molecule has 2 rings (SSSR count). The molecule has 0 saturated heterocycles. The number of benzene rings is 1. The predicted molar refractivity (Wildman–Crippen MR) is 64.0 cm³/mol.